The van der Waals surface area contributed by atoms with Crippen LogP contribution >= 0.6 is 23.2 Å². The molecule has 1 aromatic heterocycles. The van der Waals surface area contributed by atoms with Crippen molar-refractivity contribution in [3.63, 3.8) is 0 Å². The van der Waals surface area contributed by atoms with Crippen molar-refractivity contribution in [3.05, 3.63) is 51.9 Å². The van der Waals surface area contributed by atoms with Crippen LogP contribution in [0.2, 0.25) is 10.2 Å². The molecule has 2 rings (SSSR count). The highest BCUT2D eigenvalue weighted by Gasteiger charge is 2.12. The smallest absolute Gasteiger partial charge is 0.291 e. The predicted molar refractivity (Wildman–Crippen MR) is 79.1 cm³/mol. The molecule has 1 amide bonds. The molecule has 0 aliphatic carbocycles. The highest BCUT2D eigenvalue weighted by molar-refractivity contribution is 6.31. The van der Waals surface area contributed by atoms with Gasteiger partial charge in [0.15, 0.2) is 11.0 Å². The lowest BCUT2D eigenvalue weighted by Crippen LogP contribution is -2.12. The Morgan fingerprint density at radius 3 is 2.75 bits per heavy atom. The number of nitrogens with one attached hydrogen (secondary N) is 1. The molecule has 0 radical (unpaired) electrons. The van der Waals surface area contributed by atoms with Crippen LogP contribution < -0.4 is 11.1 Å². The zero-order valence-corrected chi connectivity index (χ0v) is 11.8. The zero-order chi connectivity index (χ0) is 14.5. The van der Waals surface area contributed by atoms with Crippen molar-refractivity contribution in [2.75, 3.05) is 11.9 Å². The minimum Gasteiger partial charge on any atom is -0.440 e. The summed E-state index contributed by atoms with van der Waals surface area (Å²) in [7, 11) is 0. The number of hydrogen-bond donors (Lipinski definition) is 2. The first-order valence-electron chi connectivity index (χ1n) is 5.65. The SMILES string of the molecule is NCC#Cc1ccc(Cl)cc1NC(=O)c1ccc(Cl)o1. The molecule has 0 atom stereocenters. The number of anilines is 1. The molecule has 6 heteroatoms. The molecule has 0 spiro atoms. The van der Waals surface area contributed by atoms with Crippen LogP contribution in [-0.2, 0) is 0 Å². The van der Waals surface area contributed by atoms with E-state index in [-0.39, 0.29) is 17.5 Å². The Kier molecular flexibility index (Phi) is 4.70. The molecule has 1 heterocycles. The second-order valence-corrected chi connectivity index (χ2v) is 4.56. The number of hydrogen-bond acceptors (Lipinski definition) is 3. The second kappa shape index (κ2) is 6.49. The molecule has 4 nitrogen and oxygen atoms in total. The Bertz CT molecular complexity index is 699. The Hall–Kier alpha value is -1.93. The summed E-state index contributed by atoms with van der Waals surface area (Å²) >= 11 is 11.5. The van der Waals surface area contributed by atoms with Crippen molar-refractivity contribution in [1.29, 1.82) is 0 Å². The molecule has 2 aromatic rings. The molecule has 0 unspecified atom stereocenters. The number of carbonyl (C=O) groups excluding carboxylic acids is 1. The lowest BCUT2D eigenvalue weighted by molar-refractivity contribution is 0.0996. The maximum absolute atomic E-state index is 12.0. The van der Waals surface area contributed by atoms with E-state index >= 15 is 0 Å². The number of carbonyl (C=O) groups is 1. The van der Waals surface area contributed by atoms with E-state index in [0.717, 1.165) is 0 Å². The number of rotatable bonds is 2. The van der Waals surface area contributed by atoms with E-state index in [1.165, 1.54) is 12.1 Å². The summed E-state index contributed by atoms with van der Waals surface area (Å²) in [6, 6.07) is 7.96. The molecule has 0 saturated carbocycles. The van der Waals surface area contributed by atoms with Gasteiger partial charge in [-0.25, -0.2) is 0 Å². The van der Waals surface area contributed by atoms with Crippen LogP contribution in [0.4, 0.5) is 5.69 Å². The largest absolute Gasteiger partial charge is 0.440 e. The van der Waals surface area contributed by atoms with Crippen LogP contribution in [0.1, 0.15) is 16.1 Å². The Morgan fingerprint density at radius 1 is 1.30 bits per heavy atom. The summed E-state index contributed by atoms with van der Waals surface area (Å²) in [5.41, 5.74) is 6.43. The summed E-state index contributed by atoms with van der Waals surface area (Å²) in [6.07, 6.45) is 0. The van der Waals surface area contributed by atoms with Gasteiger partial charge in [-0.15, -0.1) is 0 Å². The minimum atomic E-state index is -0.435. The standard InChI is InChI=1S/C14H10Cl2N2O2/c15-10-4-3-9(2-1-7-17)11(8-10)18-14(19)12-5-6-13(16)20-12/h3-6,8H,7,17H2,(H,18,19). The van der Waals surface area contributed by atoms with Crippen LogP contribution in [0.3, 0.4) is 0 Å². The van der Waals surface area contributed by atoms with Gasteiger partial charge in [0, 0.05) is 10.6 Å². The van der Waals surface area contributed by atoms with E-state index < -0.39 is 5.91 Å². The number of halogens is 2. The van der Waals surface area contributed by atoms with Gasteiger partial charge in [0.05, 0.1) is 12.2 Å². The van der Waals surface area contributed by atoms with E-state index in [2.05, 4.69) is 17.2 Å². The van der Waals surface area contributed by atoms with Crippen LogP contribution in [0.15, 0.2) is 34.7 Å². The van der Waals surface area contributed by atoms with Gasteiger partial charge in [0.25, 0.3) is 5.91 Å². The van der Waals surface area contributed by atoms with Crippen molar-refractivity contribution in [2.45, 2.75) is 0 Å². The quantitative estimate of drug-likeness (QED) is 0.837. The van der Waals surface area contributed by atoms with Crippen LogP contribution in [0.25, 0.3) is 0 Å². The van der Waals surface area contributed by atoms with Gasteiger partial charge in [-0.3, -0.25) is 4.79 Å². The van der Waals surface area contributed by atoms with E-state index in [9.17, 15) is 4.79 Å². The van der Waals surface area contributed by atoms with Gasteiger partial charge in [-0.2, -0.15) is 0 Å². The first-order valence-corrected chi connectivity index (χ1v) is 6.41. The third-order valence-corrected chi connectivity index (χ3v) is 2.79. The van der Waals surface area contributed by atoms with Gasteiger partial charge >= 0.3 is 0 Å². The van der Waals surface area contributed by atoms with Crippen molar-refractivity contribution >= 4 is 34.8 Å². The molecule has 0 fully saturated rings. The number of nitrogens with two attached hydrogens (primary N) is 1. The first-order chi connectivity index (χ1) is 9.60. The number of furan rings is 1. The summed E-state index contributed by atoms with van der Waals surface area (Å²) in [4.78, 5) is 12.0. The summed E-state index contributed by atoms with van der Waals surface area (Å²) in [6.45, 7) is 0.226. The maximum Gasteiger partial charge on any atom is 0.291 e. The molecule has 102 valence electrons. The fraction of sp³-hybridized carbons (Fsp3) is 0.0714. The highest BCUT2D eigenvalue weighted by Crippen LogP contribution is 2.22. The van der Waals surface area contributed by atoms with E-state index in [0.29, 0.717) is 16.3 Å². The predicted octanol–water partition coefficient (Wildman–Crippen LogP) is 3.15. The summed E-state index contributed by atoms with van der Waals surface area (Å²) < 4.78 is 5.03. The van der Waals surface area contributed by atoms with Crippen LogP contribution in [-0.4, -0.2) is 12.5 Å². The Morgan fingerprint density at radius 2 is 2.10 bits per heavy atom. The van der Waals surface area contributed by atoms with Gasteiger partial charge in [0.2, 0.25) is 0 Å². The fourth-order valence-electron chi connectivity index (χ4n) is 1.50. The van der Waals surface area contributed by atoms with Crippen LogP contribution in [0, 0.1) is 11.8 Å². The first kappa shape index (κ1) is 14.5. The molecular weight excluding hydrogens is 299 g/mol. The highest BCUT2D eigenvalue weighted by atomic mass is 35.5. The summed E-state index contributed by atoms with van der Waals surface area (Å²) in [5, 5.41) is 3.30. The molecule has 0 bridgehead atoms. The second-order valence-electron chi connectivity index (χ2n) is 3.75. The molecule has 0 aliphatic rings. The lowest BCUT2D eigenvalue weighted by Gasteiger charge is -2.06. The average molecular weight is 309 g/mol. The molecular formula is C14H10Cl2N2O2. The van der Waals surface area contributed by atoms with Crippen molar-refractivity contribution in [3.8, 4) is 11.8 Å². The average Bonchev–Trinajstić information content (AvgIpc) is 2.85. The molecule has 0 saturated heterocycles. The normalized spacial score (nSPS) is 9.75. The van der Waals surface area contributed by atoms with Crippen molar-refractivity contribution in [2.24, 2.45) is 5.73 Å². The Balaban J connectivity index is 2.28. The van der Waals surface area contributed by atoms with Gasteiger partial charge < -0.3 is 15.5 Å². The van der Waals surface area contributed by atoms with E-state index in [1.54, 1.807) is 18.2 Å². The van der Waals surface area contributed by atoms with Crippen LogP contribution in [0.5, 0.6) is 0 Å². The van der Waals surface area contributed by atoms with E-state index in [4.69, 9.17) is 33.4 Å². The topological polar surface area (TPSA) is 68.3 Å². The number of benzene rings is 1. The minimum absolute atomic E-state index is 0.104. The number of amides is 1. The zero-order valence-electron chi connectivity index (χ0n) is 10.2. The summed E-state index contributed by atoms with van der Waals surface area (Å²) in [5.74, 6) is 5.25. The lowest BCUT2D eigenvalue weighted by atomic mass is 10.1. The van der Waals surface area contributed by atoms with Gasteiger partial charge in [-0.1, -0.05) is 23.4 Å². The third kappa shape index (κ3) is 3.55. The van der Waals surface area contributed by atoms with E-state index in [1.807, 2.05) is 0 Å². The van der Waals surface area contributed by atoms with Gasteiger partial charge in [-0.05, 0) is 41.9 Å². The maximum atomic E-state index is 12.0. The molecule has 20 heavy (non-hydrogen) atoms. The monoisotopic (exact) mass is 308 g/mol. The van der Waals surface area contributed by atoms with Gasteiger partial charge in [0.1, 0.15) is 0 Å². The Labute approximate surface area is 125 Å². The molecule has 3 N–H and O–H groups in total. The van der Waals surface area contributed by atoms with Crippen molar-refractivity contribution < 1.29 is 9.21 Å². The fourth-order valence-corrected chi connectivity index (χ4v) is 1.81. The third-order valence-electron chi connectivity index (χ3n) is 2.35. The van der Waals surface area contributed by atoms with Crippen molar-refractivity contribution in [1.82, 2.24) is 0 Å². The molecule has 1 aromatic carbocycles. The molecule has 0 aliphatic heterocycles.